The second-order valence-electron chi connectivity index (χ2n) is 8.30. The van der Waals surface area contributed by atoms with Crippen LogP contribution >= 0.6 is 0 Å². The SMILES string of the molecule is C[C@H](OC(=O)C1C2CC3CC(C2)CC1C3)C(=O)Nc1ccccc1[N+](=O)[O-]. The van der Waals surface area contributed by atoms with E-state index in [1.54, 1.807) is 6.07 Å². The number of para-hydroxylation sites is 2. The fourth-order valence-electron chi connectivity index (χ4n) is 5.59. The lowest BCUT2D eigenvalue weighted by atomic mass is 9.52. The summed E-state index contributed by atoms with van der Waals surface area (Å²) in [4.78, 5) is 35.7. The van der Waals surface area contributed by atoms with Gasteiger partial charge in [-0.2, -0.15) is 0 Å². The minimum absolute atomic E-state index is 0.0980. The minimum atomic E-state index is -0.991. The molecule has 1 atom stereocenters. The van der Waals surface area contributed by atoms with Gasteiger partial charge >= 0.3 is 5.97 Å². The van der Waals surface area contributed by atoms with Crippen LogP contribution in [-0.2, 0) is 14.3 Å². The number of carbonyl (C=O) groups excluding carboxylic acids is 2. The molecule has 4 fully saturated rings. The lowest BCUT2D eigenvalue weighted by Crippen LogP contribution is -2.49. The third-order valence-corrected chi connectivity index (χ3v) is 6.52. The van der Waals surface area contributed by atoms with E-state index in [1.165, 1.54) is 31.5 Å². The summed E-state index contributed by atoms with van der Waals surface area (Å²) in [6.07, 6.45) is 4.72. The molecule has 4 aliphatic carbocycles. The van der Waals surface area contributed by atoms with E-state index in [-0.39, 0.29) is 23.3 Å². The number of nitro groups is 1. The molecule has 5 rings (SSSR count). The molecule has 1 aromatic rings. The number of rotatable bonds is 5. The Morgan fingerprint density at radius 1 is 1.11 bits per heavy atom. The van der Waals surface area contributed by atoms with E-state index < -0.39 is 16.9 Å². The van der Waals surface area contributed by atoms with Crippen molar-refractivity contribution in [2.45, 2.75) is 45.1 Å². The highest BCUT2D eigenvalue weighted by molar-refractivity contribution is 5.97. The molecule has 0 saturated heterocycles. The summed E-state index contributed by atoms with van der Waals surface area (Å²) in [6, 6.07) is 5.92. The Labute approximate surface area is 157 Å². The number of ether oxygens (including phenoxy) is 1. The summed E-state index contributed by atoms with van der Waals surface area (Å²) in [7, 11) is 0. The molecule has 0 aliphatic heterocycles. The van der Waals surface area contributed by atoms with Crippen molar-refractivity contribution in [3.05, 3.63) is 34.4 Å². The quantitative estimate of drug-likeness (QED) is 0.484. The third-order valence-electron chi connectivity index (χ3n) is 6.52. The molecule has 144 valence electrons. The van der Waals surface area contributed by atoms with Crippen molar-refractivity contribution in [3.8, 4) is 0 Å². The Morgan fingerprint density at radius 3 is 2.30 bits per heavy atom. The second kappa shape index (κ2) is 6.94. The first-order valence-corrected chi connectivity index (χ1v) is 9.67. The van der Waals surface area contributed by atoms with E-state index >= 15 is 0 Å². The molecule has 0 unspecified atom stereocenters. The number of nitro benzene ring substituents is 1. The highest BCUT2D eigenvalue weighted by Gasteiger charge is 2.51. The average Bonchev–Trinajstić information content (AvgIpc) is 2.61. The van der Waals surface area contributed by atoms with Crippen LogP contribution in [0, 0.1) is 39.7 Å². The standard InChI is InChI=1S/C20H24N2O5/c1-11(19(23)21-16-4-2-3-5-17(16)22(25)26)27-20(24)18-14-7-12-6-13(9-14)10-15(18)8-12/h2-5,11-15,18H,6-10H2,1H3,(H,21,23)/t11-,12?,13?,14?,15?,18?/m0/s1. The van der Waals surface area contributed by atoms with Gasteiger partial charge in [-0.25, -0.2) is 0 Å². The van der Waals surface area contributed by atoms with E-state index in [2.05, 4.69) is 5.32 Å². The highest BCUT2D eigenvalue weighted by Crippen LogP contribution is 2.56. The van der Waals surface area contributed by atoms with Gasteiger partial charge in [-0.05, 0) is 68.8 Å². The topological polar surface area (TPSA) is 98.5 Å². The molecule has 4 bridgehead atoms. The van der Waals surface area contributed by atoms with Gasteiger partial charge in [0.15, 0.2) is 6.10 Å². The Balaban J connectivity index is 1.39. The first-order chi connectivity index (χ1) is 12.9. The molecule has 1 N–H and O–H groups in total. The lowest BCUT2D eigenvalue weighted by molar-refractivity contribution is -0.383. The zero-order chi connectivity index (χ0) is 19.1. The van der Waals surface area contributed by atoms with Crippen molar-refractivity contribution >= 4 is 23.3 Å². The van der Waals surface area contributed by atoms with E-state index in [0.717, 1.165) is 37.5 Å². The maximum absolute atomic E-state index is 12.8. The lowest BCUT2D eigenvalue weighted by Gasteiger charge is -2.53. The van der Waals surface area contributed by atoms with Gasteiger partial charge < -0.3 is 10.1 Å². The van der Waals surface area contributed by atoms with Crippen LogP contribution in [0.5, 0.6) is 0 Å². The van der Waals surface area contributed by atoms with Crippen LogP contribution in [0.3, 0.4) is 0 Å². The summed E-state index contributed by atoms with van der Waals surface area (Å²) in [5.74, 6) is 1.36. The molecule has 1 aromatic carbocycles. The van der Waals surface area contributed by atoms with Gasteiger partial charge in [-0.3, -0.25) is 19.7 Å². The molecule has 7 heteroatoms. The fourth-order valence-corrected chi connectivity index (χ4v) is 5.59. The van der Waals surface area contributed by atoms with Crippen molar-refractivity contribution in [2.75, 3.05) is 5.32 Å². The first kappa shape index (κ1) is 17.9. The Bertz CT molecular complexity index is 749. The molecule has 0 spiro atoms. The molecule has 4 aliphatic rings. The number of hydrogen-bond donors (Lipinski definition) is 1. The number of hydrogen-bond acceptors (Lipinski definition) is 5. The van der Waals surface area contributed by atoms with Crippen LogP contribution in [-0.4, -0.2) is 22.9 Å². The van der Waals surface area contributed by atoms with Gasteiger partial charge in [-0.15, -0.1) is 0 Å². The van der Waals surface area contributed by atoms with Crippen LogP contribution in [0.1, 0.15) is 39.0 Å². The predicted octanol–water partition coefficient (Wildman–Crippen LogP) is 3.54. The second-order valence-corrected chi connectivity index (χ2v) is 8.30. The van der Waals surface area contributed by atoms with E-state index in [1.807, 2.05) is 0 Å². The van der Waals surface area contributed by atoms with Crippen LogP contribution in [0.25, 0.3) is 0 Å². The van der Waals surface area contributed by atoms with Crippen LogP contribution < -0.4 is 5.32 Å². The molecule has 0 heterocycles. The summed E-state index contributed by atoms with van der Waals surface area (Å²) >= 11 is 0. The maximum atomic E-state index is 12.8. The summed E-state index contributed by atoms with van der Waals surface area (Å²) in [5.41, 5.74) is -0.0876. The van der Waals surface area contributed by atoms with Crippen molar-refractivity contribution in [1.82, 2.24) is 0 Å². The highest BCUT2D eigenvalue weighted by atomic mass is 16.6. The number of carbonyl (C=O) groups is 2. The zero-order valence-electron chi connectivity index (χ0n) is 15.3. The zero-order valence-corrected chi connectivity index (χ0v) is 15.3. The van der Waals surface area contributed by atoms with Crippen molar-refractivity contribution in [1.29, 1.82) is 0 Å². The van der Waals surface area contributed by atoms with Gasteiger partial charge in [0.25, 0.3) is 11.6 Å². The van der Waals surface area contributed by atoms with Crippen molar-refractivity contribution in [2.24, 2.45) is 29.6 Å². The van der Waals surface area contributed by atoms with Gasteiger partial charge in [0, 0.05) is 6.07 Å². The molecular formula is C20H24N2O5. The van der Waals surface area contributed by atoms with Gasteiger partial charge in [0.05, 0.1) is 10.8 Å². The van der Waals surface area contributed by atoms with Gasteiger partial charge in [0.2, 0.25) is 0 Å². The number of benzene rings is 1. The van der Waals surface area contributed by atoms with E-state index in [0.29, 0.717) is 11.8 Å². The maximum Gasteiger partial charge on any atom is 0.310 e. The first-order valence-electron chi connectivity index (χ1n) is 9.67. The van der Waals surface area contributed by atoms with Crippen LogP contribution in [0.4, 0.5) is 11.4 Å². The van der Waals surface area contributed by atoms with Crippen molar-refractivity contribution < 1.29 is 19.2 Å². The molecule has 0 aromatic heterocycles. The van der Waals surface area contributed by atoms with Crippen LogP contribution in [0.15, 0.2) is 24.3 Å². The molecule has 27 heavy (non-hydrogen) atoms. The largest absolute Gasteiger partial charge is 0.452 e. The third kappa shape index (κ3) is 3.42. The Morgan fingerprint density at radius 2 is 1.70 bits per heavy atom. The van der Waals surface area contributed by atoms with Gasteiger partial charge in [-0.1, -0.05) is 12.1 Å². The Kier molecular flexibility index (Phi) is 4.61. The van der Waals surface area contributed by atoms with E-state index in [9.17, 15) is 19.7 Å². The predicted molar refractivity (Wildman–Crippen MR) is 97.8 cm³/mol. The average molecular weight is 372 g/mol. The monoisotopic (exact) mass is 372 g/mol. The number of amides is 1. The van der Waals surface area contributed by atoms with Crippen molar-refractivity contribution in [3.63, 3.8) is 0 Å². The van der Waals surface area contributed by atoms with Gasteiger partial charge in [0.1, 0.15) is 5.69 Å². The van der Waals surface area contributed by atoms with Crippen LogP contribution in [0.2, 0.25) is 0 Å². The molecule has 4 saturated carbocycles. The molecule has 7 nitrogen and oxygen atoms in total. The number of nitrogens with zero attached hydrogens (tertiary/aromatic N) is 1. The summed E-state index contributed by atoms with van der Waals surface area (Å²) < 4.78 is 5.49. The van der Waals surface area contributed by atoms with E-state index in [4.69, 9.17) is 4.74 Å². The normalized spacial score (nSPS) is 32.0. The Hall–Kier alpha value is -2.44. The molecule has 0 radical (unpaired) electrons. The smallest absolute Gasteiger partial charge is 0.310 e. The number of nitrogens with one attached hydrogen (secondary N) is 1. The number of anilines is 1. The minimum Gasteiger partial charge on any atom is -0.452 e. The molecular weight excluding hydrogens is 348 g/mol. The summed E-state index contributed by atoms with van der Waals surface area (Å²) in [6.45, 7) is 1.51. The summed E-state index contributed by atoms with van der Waals surface area (Å²) in [5, 5.41) is 13.6. The molecule has 1 amide bonds. The fraction of sp³-hybridized carbons (Fsp3) is 0.600. The number of esters is 1.